The van der Waals surface area contributed by atoms with E-state index in [0.717, 1.165) is 34.4 Å². The third-order valence-electron chi connectivity index (χ3n) is 6.72. The molecule has 2 saturated heterocycles. The normalized spacial score (nSPS) is 31.0. The highest BCUT2D eigenvalue weighted by atomic mass is 16.5. The second-order valence-corrected chi connectivity index (χ2v) is 8.69. The molecule has 2 aromatic rings. The second-order valence-electron chi connectivity index (χ2n) is 8.69. The number of Topliss-reactive ketones (excluding diaryl/α,β-unsaturated/α-hetero) is 1. The number of ether oxygens (including phenoxy) is 1. The van der Waals surface area contributed by atoms with E-state index in [1.54, 1.807) is 0 Å². The lowest BCUT2D eigenvalue weighted by Crippen LogP contribution is -2.33. The summed E-state index contributed by atoms with van der Waals surface area (Å²) in [5.41, 5.74) is 6.77. The number of rotatable bonds is 2. The zero-order valence-electron chi connectivity index (χ0n) is 16.7. The predicted molar refractivity (Wildman–Crippen MR) is 107 cm³/mol. The summed E-state index contributed by atoms with van der Waals surface area (Å²) < 4.78 is 6.19. The lowest BCUT2D eigenvalue weighted by atomic mass is 9.73. The van der Waals surface area contributed by atoms with E-state index in [1.807, 2.05) is 33.0 Å². The number of carbonyl (C=O) groups is 1. The maximum absolute atomic E-state index is 13.4. The van der Waals surface area contributed by atoms with Crippen molar-refractivity contribution >= 4 is 11.4 Å². The van der Waals surface area contributed by atoms with Crippen molar-refractivity contribution in [2.75, 3.05) is 0 Å². The van der Waals surface area contributed by atoms with Crippen LogP contribution in [0.25, 0.3) is 5.57 Å². The van der Waals surface area contributed by atoms with Gasteiger partial charge in [-0.15, -0.1) is 0 Å². The van der Waals surface area contributed by atoms with Gasteiger partial charge in [-0.25, -0.2) is 0 Å². The van der Waals surface area contributed by atoms with Gasteiger partial charge in [-0.05, 0) is 62.4 Å². The summed E-state index contributed by atoms with van der Waals surface area (Å²) in [4.78, 5) is 17.9. The first-order valence-electron chi connectivity index (χ1n) is 10.0. The summed E-state index contributed by atoms with van der Waals surface area (Å²) in [7, 11) is 0. The summed E-state index contributed by atoms with van der Waals surface area (Å²) >= 11 is 0. The molecule has 0 amide bonds. The van der Waals surface area contributed by atoms with Crippen LogP contribution < -0.4 is 0 Å². The molecule has 1 aromatic heterocycles. The molecule has 2 aliphatic heterocycles. The summed E-state index contributed by atoms with van der Waals surface area (Å²) in [6.07, 6.45) is 2.35. The largest absolute Gasteiger partial charge is 0.511 e. The molecule has 5 atom stereocenters. The number of aliphatic hydroxyl groups excluding tert-OH is 1. The maximum Gasteiger partial charge on any atom is 0.173 e. The Hall–Kier alpha value is -2.46. The highest BCUT2D eigenvalue weighted by Gasteiger charge is 2.62. The summed E-state index contributed by atoms with van der Waals surface area (Å²) in [5.74, 6) is -0.132. The van der Waals surface area contributed by atoms with Gasteiger partial charge in [0, 0.05) is 17.8 Å². The SMILES string of the molecule is Cc1ccc([C@@H]2C[C@@H]3O[C@H]2[C@H]2C(O)=C(c4c(C)cc(C)cc4C)C(=O)[C@H]23)nc1. The standard InChI is InChI=1S/C24H25NO3/c1-11-5-6-16(25-10-11)15-9-17-19-21(24(15)28-17)23(27)20(22(19)26)18-13(3)7-12(2)8-14(18)4/h5-8,10,15,17,19,21,24,27H,9H2,1-4H3/t15-,17-,19-,21+,24+/m0/s1. The van der Waals surface area contributed by atoms with Crippen LogP contribution in [0.3, 0.4) is 0 Å². The van der Waals surface area contributed by atoms with Crippen LogP contribution in [-0.4, -0.2) is 28.1 Å². The topological polar surface area (TPSA) is 59.4 Å². The van der Waals surface area contributed by atoms with Gasteiger partial charge >= 0.3 is 0 Å². The fraction of sp³-hybridized carbons (Fsp3) is 0.417. The molecule has 144 valence electrons. The van der Waals surface area contributed by atoms with Crippen molar-refractivity contribution in [1.82, 2.24) is 4.98 Å². The van der Waals surface area contributed by atoms with E-state index >= 15 is 0 Å². The van der Waals surface area contributed by atoms with Gasteiger partial charge in [0.15, 0.2) is 5.78 Å². The Morgan fingerprint density at radius 3 is 2.39 bits per heavy atom. The van der Waals surface area contributed by atoms with Crippen LogP contribution in [0.2, 0.25) is 0 Å². The van der Waals surface area contributed by atoms with Gasteiger partial charge in [0.2, 0.25) is 0 Å². The molecule has 1 N–H and O–H groups in total. The molecule has 0 spiro atoms. The van der Waals surface area contributed by atoms with Crippen LogP contribution in [0, 0.1) is 39.5 Å². The first-order chi connectivity index (χ1) is 13.4. The Bertz CT molecular complexity index is 998. The number of hydrogen-bond acceptors (Lipinski definition) is 4. The van der Waals surface area contributed by atoms with Crippen molar-refractivity contribution < 1.29 is 14.6 Å². The number of aryl methyl sites for hydroxylation is 4. The molecule has 3 aliphatic rings. The quantitative estimate of drug-likeness (QED) is 0.848. The van der Waals surface area contributed by atoms with Gasteiger partial charge in [0.25, 0.3) is 0 Å². The number of benzene rings is 1. The highest BCUT2D eigenvalue weighted by Crippen LogP contribution is 2.58. The van der Waals surface area contributed by atoms with E-state index < -0.39 is 0 Å². The Morgan fingerprint density at radius 2 is 1.75 bits per heavy atom. The van der Waals surface area contributed by atoms with Crippen molar-refractivity contribution in [3.8, 4) is 0 Å². The van der Waals surface area contributed by atoms with Gasteiger partial charge in [0.1, 0.15) is 5.76 Å². The molecule has 2 fully saturated rings. The van der Waals surface area contributed by atoms with Crippen LogP contribution in [0.5, 0.6) is 0 Å². The highest BCUT2D eigenvalue weighted by molar-refractivity contribution is 6.26. The van der Waals surface area contributed by atoms with E-state index in [4.69, 9.17) is 4.74 Å². The third kappa shape index (κ3) is 2.34. The number of allylic oxidation sites excluding steroid dienone is 1. The molecule has 5 rings (SSSR count). The zero-order chi connectivity index (χ0) is 19.7. The van der Waals surface area contributed by atoms with Crippen molar-refractivity contribution in [2.24, 2.45) is 11.8 Å². The van der Waals surface area contributed by atoms with Crippen LogP contribution in [0.4, 0.5) is 0 Å². The minimum absolute atomic E-state index is 0.0420. The first kappa shape index (κ1) is 17.6. The fourth-order valence-corrected chi connectivity index (χ4v) is 5.67. The number of ketones is 1. The van der Waals surface area contributed by atoms with E-state index in [-0.39, 0.29) is 41.5 Å². The average molecular weight is 375 g/mol. The maximum atomic E-state index is 13.4. The van der Waals surface area contributed by atoms with Gasteiger partial charge in [-0.1, -0.05) is 23.8 Å². The van der Waals surface area contributed by atoms with Crippen LogP contribution in [-0.2, 0) is 9.53 Å². The molecule has 1 aliphatic carbocycles. The summed E-state index contributed by atoms with van der Waals surface area (Å²) in [6, 6.07) is 8.26. The lowest BCUT2D eigenvalue weighted by Gasteiger charge is -2.27. The summed E-state index contributed by atoms with van der Waals surface area (Å²) in [6.45, 7) is 8.10. The molecule has 2 bridgehead atoms. The third-order valence-corrected chi connectivity index (χ3v) is 6.72. The Kier molecular flexibility index (Phi) is 3.79. The summed E-state index contributed by atoms with van der Waals surface area (Å²) in [5, 5.41) is 11.2. The smallest absolute Gasteiger partial charge is 0.173 e. The van der Waals surface area contributed by atoms with Crippen molar-refractivity contribution in [3.05, 3.63) is 69.7 Å². The van der Waals surface area contributed by atoms with Crippen molar-refractivity contribution in [2.45, 2.75) is 52.2 Å². The molecule has 4 nitrogen and oxygen atoms in total. The number of fused-ring (bicyclic) bond motifs is 5. The Labute approximate surface area is 165 Å². The minimum atomic E-state index is -0.262. The fourth-order valence-electron chi connectivity index (χ4n) is 5.67. The Balaban J connectivity index is 1.57. The lowest BCUT2D eigenvalue weighted by molar-refractivity contribution is -0.118. The monoisotopic (exact) mass is 375 g/mol. The van der Waals surface area contributed by atoms with Crippen molar-refractivity contribution in [1.29, 1.82) is 0 Å². The first-order valence-corrected chi connectivity index (χ1v) is 10.0. The van der Waals surface area contributed by atoms with E-state index in [0.29, 0.717) is 5.57 Å². The molecule has 0 unspecified atom stereocenters. The minimum Gasteiger partial charge on any atom is -0.511 e. The van der Waals surface area contributed by atoms with Gasteiger partial charge in [-0.2, -0.15) is 0 Å². The number of carbonyl (C=O) groups excluding carboxylic acids is 1. The van der Waals surface area contributed by atoms with Crippen LogP contribution >= 0.6 is 0 Å². The number of aliphatic hydroxyl groups is 1. The van der Waals surface area contributed by atoms with E-state index in [2.05, 4.69) is 30.1 Å². The van der Waals surface area contributed by atoms with Crippen LogP contribution in [0.1, 0.15) is 45.8 Å². The van der Waals surface area contributed by atoms with Gasteiger partial charge < -0.3 is 9.84 Å². The van der Waals surface area contributed by atoms with Gasteiger partial charge in [-0.3, -0.25) is 9.78 Å². The molecule has 0 saturated carbocycles. The molecular formula is C24H25NO3. The molecular weight excluding hydrogens is 350 g/mol. The molecule has 28 heavy (non-hydrogen) atoms. The van der Waals surface area contributed by atoms with E-state index in [1.165, 1.54) is 5.56 Å². The van der Waals surface area contributed by atoms with Crippen molar-refractivity contribution in [3.63, 3.8) is 0 Å². The number of hydrogen-bond donors (Lipinski definition) is 1. The van der Waals surface area contributed by atoms with Gasteiger partial charge in [0.05, 0.1) is 29.6 Å². The Morgan fingerprint density at radius 1 is 1.04 bits per heavy atom. The molecule has 3 heterocycles. The second kappa shape index (κ2) is 6.02. The number of aromatic nitrogens is 1. The molecule has 0 radical (unpaired) electrons. The van der Waals surface area contributed by atoms with Crippen LogP contribution in [0.15, 0.2) is 36.2 Å². The molecule has 1 aromatic carbocycles. The molecule has 4 heteroatoms. The number of pyridine rings is 1. The predicted octanol–water partition coefficient (Wildman–Crippen LogP) is 4.35. The van der Waals surface area contributed by atoms with E-state index in [9.17, 15) is 9.90 Å². The average Bonchev–Trinajstić information content (AvgIpc) is 3.29. The number of nitrogens with zero attached hydrogens (tertiary/aromatic N) is 1. The zero-order valence-corrected chi connectivity index (χ0v) is 16.7.